The summed E-state index contributed by atoms with van der Waals surface area (Å²) >= 11 is 0. The number of fused-ring (bicyclic) bond motifs is 1. The molecule has 2 aliphatic rings. The van der Waals surface area contributed by atoms with Crippen molar-refractivity contribution in [1.29, 1.82) is 0 Å². The van der Waals surface area contributed by atoms with E-state index in [-0.39, 0.29) is 6.04 Å². The Hall–Kier alpha value is -0.790. The molecule has 10 heavy (non-hydrogen) atoms. The Labute approximate surface area is 60.5 Å². The number of piperidine rings is 1. The Kier molecular flexibility index (Phi) is 1.26. The lowest BCUT2D eigenvalue weighted by Crippen LogP contribution is -2.36. The summed E-state index contributed by atoms with van der Waals surface area (Å²) in [6.07, 6.45) is 7.16. The third-order valence-corrected chi connectivity index (χ3v) is 2.30. The Bertz CT molecular complexity index is 186. The second-order valence-electron chi connectivity index (χ2n) is 2.97. The number of carbonyl (C=O) groups excluding carboxylic acids is 1. The van der Waals surface area contributed by atoms with E-state index < -0.39 is 0 Å². The van der Waals surface area contributed by atoms with Crippen molar-refractivity contribution in [1.82, 2.24) is 4.90 Å². The van der Waals surface area contributed by atoms with Gasteiger partial charge < -0.3 is 4.90 Å². The fraction of sp³-hybridized carbons (Fsp3) is 0.625. The minimum Gasteiger partial charge on any atom is -0.367 e. The molecule has 2 heterocycles. The molecule has 1 atom stereocenters. The Morgan fingerprint density at radius 3 is 3.20 bits per heavy atom. The van der Waals surface area contributed by atoms with E-state index in [1.54, 1.807) is 6.08 Å². The lowest BCUT2D eigenvalue weighted by atomic mass is 10.0. The van der Waals surface area contributed by atoms with Gasteiger partial charge in [-0.15, -0.1) is 0 Å². The third-order valence-electron chi connectivity index (χ3n) is 2.30. The summed E-state index contributed by atoms with van der Waals surface area (Å²) in [6.45, 7) is 1.08. The fourth-order valence-corrected chi connectivity index (χ4v) is 1.72. The van der Waals surface area contributed by atoms with Crippen LogP contribution in [0.5, 0.6) is 0 Å². The number of nitrogens with zero attached hydrogens (tertiary/aromatic N) is 1. The molecule has 2 nitrogen and oxygen atoms in total. The average Bonchev–Trinajstić information content (AvgIpc) is 2.34. The number of ketones is 1. The van der Waals surface area contributed by atoms with Crippen LogP contribution in [0.2, 0.25) is 0 Å². The summed E-state index contributed by atoms with van der Waals surface area (Å²) in [5.74, 6) is 0.305. The zero-order valence-electron chi connectivity index (χ0n) is 5.92. The molecule has 54 valence electrons. The molecule has 0 bridgehead atoms. The van der Waals surface area contributed by atoms with Gasteiger partial charge in [-0.2, -0.15) is 0 Å². The molecule has 0 aliphatic carbocycles. The molecule has 0 radical (unpaired) electrons. The highest BCUT2D eigenvalue weighted by Gasteiger charge is 2.28. The van der Waals surface area contributed by atoms with Gasteiger partial charge in [-0.1, -0.05) is 0 Å². The van der Waals surface area contributed by atoms with Gasteiger partial charge in [0.05, 0.1) is 6.04 Å². The van der Waals surface area contributed by atoms with Crippen LogP contribution in [0.4, 0.5) is 0 Å². The standard InChI is InChI=1S/C8H11NO/c10-8-4-6-9-5-2-1-3-7(8)9/h4,6-7H,1-3,5H2. The van der Waals surface area contributed by atoms with E-state index in [1.807, 2.05) is 6.20 Å². The molecule has 1 fully saturated rings. The lowest BCUT2D eigenvalue weighted by molar-refractivity contribution is -0.118. The van der Waals surface area contributed by atoms with E-state index >= 15 is 0 Å². The van der Waals surface area contributed by atoms with Crippen LogP contribution >= 0.6 is 0 Å². The van der Waals surface area contributed by atoms with Gasteiger partial charge in [-0.25, -0.2) is 0 Å². The number of carbonyl (C=O) groups is 1. The van der Waals surface area contributed by atoms with Crippen LogP contribution in [0.25, 0.3) is 0 Å². The van der Waals surface area contributed by atoms with Crippen LogP contribution in [0, 0.1) is 0 Å². The molecular formula is C8H11NO. The predicted octanol–water partition coefficient (Wildman–Crippen LogP) is 0.937. The molecular weight excluding hydrogens is 126 g/mol. The second-order valence-corrected chi connectivity index (χ2v) is 2.97. The van der Waals surface area contributed by atoms with Crippen molar-refractivity contribution in [3.8, 4) is 0 Å². The molecule has 2 aliphatic heterocycles. The molecule has 0 aromatic carbocycles. The smallest absolute Gasteiger partial charge is 0.179 e. The Morgan fingerprint density at radius 2 is 2.40 bits per heavy atom. The Balaban J connectivity index is 2.14. The molecule has 0 aromatic heterocycles. The van der Waals surface area contributed by atoms with Crippen molar-refractivity contribution >= 4 is 5.78 Å². The minimum atomic E-state index is 0.216. The number of hydrogen-bond donors (Lipinski definition) is 0. The van der Waals surface area contributed by atoms with Crippen LogP contribution in [0.1, 0.15) is 19.3 Å². The fourth-order valence-electron chi connectivity index (χ4n) is 1.72. The van der Waals surface area contributed by atoms with Crippen molar-refractivity contribution < 1.29 is 4.79 Å². The number of rotatable bonds is 0. The van der Waals surface area contributed by atoms with Gasteiger partial charge in [0.15, 0.2) is 5.78 Å². The predicted molar refractivity (Wildman–Crippen MR) is 38.5 cm³/mol. The molecule has 1 unspecified atom stereocenters. The first-order valence-corrected chi connectivity index (χ1v) is 3.86. The highest BCUT2D eigenvalue weighted by atomic mass is 16.1. The molecule has 0 aromatic rings. The van der Waals surface area contributed by atoms with E-state index in [0.29, 0.717) is 5.78 Å². The monoisotopic (exact) mass is 137 g/mol. The summed E-state index contributed by atoms with van der Waals surface area (Å²) in [5, 5.41) is 0. The van der Waals surface area contributed by atoms with Gasteiger partial charge in [-0.3, -0.25) is 4.79 Å². The maximum atomic E-state index is 11.1. The van der Waals surface area contributed by atoms with Crippen LogP contribution in [0.15, 0.2) is 12.3 Å². The third kappa shape index (κ3) is 0.753. The van der Waals surface area contributed by atoms with Gasteiger partial charge in [0, 0.05) is 12.7 Å². The molecule has 0 spiro atoms. The summed E-state index contributed by atoms with van der Waals surface area (Å²) in [5.41, 5.74) is 0. The highest BCUT2D eigenvalue weighted by molar-refractivity contribution is 5.96. The van der Waals surface area contributed by atoms with Crippen molar-refractivity contribution in [2.75, 3.05) is 6.54 Å². The summed E-state index contributed by atoms with van der Waals surface area (Å²) in [6, 6.07) is 0.216. The summed E-state index contributed by atoms with van der Waals surface area (Å²) in [7, 11) is 0. The molecule has 2 heteroatoms. The first kappa shape index (κ1) is 5.96. The van der Waals surface area contributed by atoms with E-state index in [9.17, 15) is 4.79 Å². The second kappa shape index (κ2) is 2.11. The van der Waals surface area contributed by atoms with E-state index in [4.69, 9.17) is 0 Å². The van der Waals surface area contributed by atoms with Gasteiger partial charge >= 0.3 is 0 Å². The van der Waals surface area contributed by atoms with Gasteiger partial charge in [-0.05, 0) is 25.3 Å². The lowest BCUT2D eigenvalue weighted by Gasteiger charge is -2.28. The summed E-state index contributed by atoms with van der Waals surface area (Å²) in [4.78, 5) is 13.2. The molecule has 1 saturated heterocycles. The van der Waals surface area contributed by atoms with Crippen LogP contribution in [-0.4, -0.2) is 23.3 Å². The summed E-state index contributed by atoms with van der Waals surface area (Å²) < 4.78 is 0. The van der Waals surface area contributed by atoms with Crippen molar-refractivity contribution in [2.24, 2.45) is 0 Å². The first-order chi connectivity index (χ1) is 4.88. The number of hydrogen-bond acceptors (Lipinski definition) is 2. The molecule has 0 amide bonds. The van der Waals surface area contributed by atoms with Gasteiger partial charge in [0.25, 0.3) is 0 Å². The molecule has 0 saturated carbocycles. The zero-order chi connectivity index (χ0) is 6.97. The quantitative estimate of drug-likeness (QED) is 0.495. The van der Waals surface area contributed by atoms with E-state index in [1.165, 1.54) is 12.8 Å². The van der Waals surface area contributed by atoms with E-state index in [0.717, 1.165) is 13.0 Å². The van der Waals surface area contributed by atoms with Gasteiger partial charge in [0.1, 0.15) is 0 Å². The topological polar surface area (TPSA) is 20.3 Å². The van der Waals surface area contributed by atoms with Crippen molar-refractivity contribution in [2.45, 2.75) is 25.3 Å². The molecule has 0 N–H and O–H groups in total. The average molecular weight is 137 g/mol. The SMILES string of the molecule is O=C1C=CN2CCCCC12. The van der Waals surface area contributed by atoms with Crippen LogP contribution in [0.3, 0.4) is 0 Å². The van der Waals surface area contributed by atoms with Crippen molar-refractivity contribution in [3.63, 3.8) is 0 Å². The van der Waals surface area contributed by atoms with Crippen LogP contribution < -0.4 is 0 Å². The van der Waals surface area contributed by atoms with E-state index in [2.05, 4.69) is 4.90 Å². The highest BCUT2D eigenvalue weighted by Crippen LogP contribution is 2.22. The maximum Gasteiger partial charge on any atom is 0.179 e. The zero-order valence-corrected chi connectivity index (χ0v) is 5.92. The normalized spacial score (nSPS) is 31.0. The maximum absolute atomic E-state index is 11.1. The largest absolute Gasteiger partial charge is 0.367 e. The van der Waals surface area contributed by atoms with Crippen molar-refractivity contribution in [3.05, 3.63) is 12.3 Å². The minimum absolute atomic E-state index is 0.216. The first-order valence-electron chi connectivity index (χ1n) is 3.86. The van der Waals surface area contributed by atoms with Gasteiger partial charge in [0.2, 0.25) is 0 Å². The van der Waals surface area contributed by atoms with Crippen LogP contribution in [-0.2, 0) is 4.79 Å². The molecule has 2 rings (SSSR count). The Morgan fingerprint density at radius 1 is 1.50 bits per heavy atom.